The molecule has 0 spiro atoms. The number of imidazole rings is 1. The highest BCUT2D eigenvalue weighted by atomic mass is 16.6. The van der Waals surface area contributed by atoms with Crippen LogP contribution in [0.25, 0.3) is 11.2 Å². The van der Waals surface area contributed by atoms with Gasteiger partial charge < -0.3 is 34.8 Å². The predicted molar refractivity (Wildman–Crippen MR) is 110 cm³/mol. The Morgan fingerprint density at radius 2 is 1.90 bits per heavy atom. The normalized spacial score (nSPS) is 24.3. The molecule has 3 aromatic rings. The number of rotatable bonds is 7. The molecule has 1 aliphatic heterocycles. The third-order valence-electron chi connectivity index (χ3n) is 5.41. The minimum Gasteiger partial charge on any atom is -0.493 e. The Balaban J connectivity index is 1.61. The van der Waals surface area contributed by atoms with Crippen LogP contribution in [0.3, 0.4) is 0 Å². The van der Waals surface area contributed by atoms with E-state index in [4.69, 9.17) is 14.2 Å². The second-order valence-corrected chi connectivity index (χ2v) is 7.26. The van der Waals surface area contributed by atoms with E-state index in [0.717, 1.165) is 5.56 Å². The SMILES string of the molecule is COc1ccc(C(C)Nc2ncnc3c2ncn3[C@@H]2O[C@H](CO)C(O)[C@@H]2O)cc1OC. The van der Waals surface area contributed by atoms with Crippen LogP contribution in [0.15, 0.2) is 30.9 Å². The largest absolute Gasteiger partial charge is 0.493 e. The fourth-order valence-corrected chi connectivity index (χ4v) is 3.66. The molecule has 4 N–H and O–H groups in total. The second kappa shape index (κ2) is 8.63. The number of aliphatic hydroxyl groups excluding tert-OH is 3. The first-order valence-electron chi connectivity index (χ1n) is 9.77. The average Bonchev–Trinajstić information content (AvgIpc) is 3.34. The smallest absolute Gasteiger partial charge is 0.167 e. The van der Waals surface area contributed by atoms with Crippen molar-refractivity contribution < 1.29 is 29.5 Å². The van der Waals surface area contributed by atoms with Gasteiger partial charge in [0.1, 0.15) is 24.6 Å². The Hall–Kier alpha value is -2.99. The summed E-state index contributed by atoms with van der Waals surface area (Å²) in [4.78, 5) is 12.9. The summed E-state index contributed by atoms with van der Waals surface area (Å²) < 4.78 is 17.8. The molecule has 4 rings (SSSR count). The fourth-order valence-electron chi connectivity index (χ4n) is 3.66. The standard InChI is InChI=1S/C20H25N5O6/c1-10(11-4-5-12(29-2)13(6-11)30-3)24-18-15-19(22-8-21-18)25(9-23-15)20-17(28)16(27)14(7-26)31-20/h4-6,8-10,14,16-17,20,26-28H,7H2,1-3H3,(H,21,22,24)/t10?,14-,16?,17+,20-/m1/s1. The molecule has 1 aromatic carbocycles. The third-order valence-corrected chi connectivity index (χ3v) is 5.41. The predicted octanol–water partition coefficient (Wildman–Crippen LogP) is 0.628. The van der Waals surface area contributed by atoms with Gasteiger partial charge in [-0.05, 0) is 24.6 Å². The van der Waals surface area contributed by atoms with Crippen LogP contribution >= 0.6 is 0 Å². The molecule has 166 valence electrons. The Bertz CT molecular complexity index is 1060. The van der Waals surface area contributed by atoms with Crippen molar-refractivity contribution in [3.05, 3.63) is 36.4 Å². The van der Waals surface area contributed by atoms with E-state index in [9.17, 15) is 15.3 Å². The van der Waals surface area contributed by atoms with Crippen molar-refractivity contribution >= 4 is 17.0 Å². The molecule has 11 heteroatoms. The van der Waals surface area contributed by atoms with Gasteiger partial charge in [0.05, 0.1) is 33.2 Å². The molecule has 0 saturated carbocycles. The van der Waals surface area contributed by atoms with Crippen LogP contribution < -0.4 is 14.8 Å². The van der Waals surface area contributed by atoms with E-state index in [-0.39, 0.29) is 6.04 Å². The molecule has 0 bridgehead atoms. The topological polar surface area (TPSA) is 144 Å². The zero-order chi connectivity index (χ0) is 22.1. The van der Waals surface area contributed by atoms with Crippen LogP contribution in [-0.2, 0) is 4.74 Å². The summed E-state index contributed by atoms with van der Waals surface area (Å²) in [6, 6.07) is 5.50. The molecule has 11 nitrogen and oxygen atoms in total. The molecular formula is C20H25N5O6. The summed E-state index contributed by atoms with van der Waals surface area (Å²) >= 11 is 0. The number of methoxy groups -OCH3 is 2. The highest BCUT2D eigenvalue weighted by molar-refractivity contribution is 5.83. The van der Waals surface area contributed by atoms with E-state index in [2.05, 4.69) is 20.3 Å². The Morgan fingerprint density at radius 1 is 1.13 bits per heavy atom. The number of aliphatic hydroxyl groups is 3. The first kappa shape index (κ1) is 21.2. The van der Waals surface area contributed by atoms with E-state index in [1.54, 1.807) is 14.2 Å². The highest BCUT2D eigenvalue weighted by Gasteiger charge is 2.44. The minimum absolute atomic E-state index is 0.142. The number of fused-ring (bicyclic) bond motifs is 1. The molecule has 2 unspecified atom stereocenters. The Labute approximate surface area is 178 Å². The molecule has 0 amide bonds. The van der Waals surface area contributed by atoms with Gasteiger partial charge in [-0.25, -0.2) is 15.0 Å². The zero-order valence-electron chi connectivity index (χ0n) is 17.3. The van der Waals surface area contributed by atoms with Crippen LogP contribution in [0.2, 0.25) is 0 Å². The number of hydrogen-bond donors (Lipinski definition) is 4. The number of nitrogens with zero attached hydrogens (tertiary/aromatic N) is 4. The van der Waals surface area contributed by atoms with Crippen molar-refractivity contribution in [3.8, 4) is 11.5 Å². The summed E-state index contributed by atoms with van der Waals surface area (Å²) in [6.45, 7) is 1.56. The number of nitrogens with one attached hydrogen (secondary N) is 1. The summed E-state index contributed by atoms with van der Waals surface area (Å²) in [5, 5.41) is 33.0. The van der Waals surface area contributed by atoms with Crippen molar-refractivity contribution in [2.75, 3.05) is 26.1 Å². The number of benzene rings is 1. The second-order valence-electron chi connectivity index (χ2n) is 7.26. The Morgan fingerprint density at radius 3 is 2.58 bits per heavy atom. The molecule has 5 atom stereocenters. The van der Waals surface area contributed by atoms with Crippen LogP contribution in [-0.4, -0.2) is 74.0 Å². The van der Waals surface area contributed by atoms with Crippen LogP contribution in [0.5, 0.6) is 11.5 Å². The number of aromatic nitrogens is 4. The van der Waals surface area contributed by atoms with E-state index in [1.165, 1.54) is 17.2 Å². The molecule has 0 radical (unpaired) electrons. The van der Waals surface area contributed by atoms with E-state index >= 15 is 0 Å². The molecule has 0 aliphatic carbocycles. The van der Waals surface area contributed by atoms with Crippen LogP contribution in [0.1, 0.15) is 24.8 Å². The maximum absolute atomic E-state index is 10.3. The van der Waals surface area contributed by atoms with Gasteiger partial charge in [0.25, 0.3) is 0 Å². The molecule has 1 aliphatic rings. The lowest BCUT2D eigenvalue weighted by Gasteiger charge is -2.18. The lowest BCUT2D eigenvalue weighted by atomic mass is 10.1. The zero-order valence-corrected chi connectivity index (χ0v) is 17.3. The van der Waals surface area contributed by atoms with Gasteiger partial charge in [-0.2, -0.15) is 0 Å². The van der Waals surface area contributed by atoms with Crippen molar-refractivity contribution in [1.82, 2.24) is 19.5 Å². The average molecular weight is 431 g/mol. The molecule has 1 saturated heterocycles. The van der Waals surface area contributed by atoms with Crippen LogP contribution in [0.4, 0.5) is 5.82 Å². The quantitative estimate of drug-likeness (QED) is 0.420. The van der Waals surface area contributed by atoms with E-state index in [0.29, 0.717) is 28.5 Å². The number of anilines is 1. The van der Waals surface area contributed by atoms with Gasteiger partial charge in [-0.3, -0.25) is 4.57 Å². The van der Waals surface area contributed by atoms with Gasteiger partial charge in [0.15, 0.2) is 34.7 Å². The lowest BCUT2D eigenvalue weighted by Crippen LogP contribution is -2.33. The first-order valence-corrected chi connectivity index (χ1v) is 9.77. The van der Waals surface area contributed by atoms with Gasteiger partial charge in [-0.15, -0.1) is 0 Å². The van der Waals surface area contributed by atoms with Crippen molar-refractivity contribution in [2.45, 2.75) is 37.5 Å². The van der Waals surface area contributed by atoms with Gasteiger partial charge in [0, 0.05) is 0 Å². The van der Waals surface area contributed by atoms with Crippen molar-refractivity contribution in [3.63, 3.8) is 0 Å². The summed E-state index contributed by atoms with van der Waals surface area (Å²) in [7, 11) is 3.16. The maximum Gasteiger partial charge on any atom is 0.167 e. The summed E-state index contributed by atoms with van der Waals surface area (Å²) in [5.41, 5.74) is 1.85. The number of hydrogen-bond acceptors (Lipinski definition) is 10. The Kier molecular flexibility index (Phi) is 5.92. The highest BCUT2D eigenvalue weighted by Crippen LogP contribution is 2.34. The first-order chi connectivity index (χ1) is 15.0. The lowest BCUT2D eigenvalue weighted by molar-refractivity contribution is -0.0511. The molecule has 31 heavy (non-hydrogen) atoms. The molecule has 1 fully saturated rings. The van der Waals surface area contributed by atoms with E-state index in [1.807, 2.05) is 25.1 Å². The van der Waals surface area contributed by atoms with Gasteiger partial charge in [0.2, 0.25) is 0 Å². The molecular weight excluding hydrogens is 406 g/mol. The van der Waals surface area contributed by atoms with Gasteiger partial charge in [-0.1, -0.05) is 6.07 Å². The molecule has 2 aromatic heterocycles. The fraction of sp³-hybridized carbons (Fsp3) is 0.450. The number of ether oxygens (including phenoxy) is 3. The van der Waals surface area contributed by atoms with Crippen molar-refractivity contribution in [2.24, 2.45) is 0 Å². The third kappa shape index (κ3) is 3.76. The van der Waals surface area contributed by atoms with Gasteiger partial charge >= 0.3 is 0 Å². The van der Waals surface area contributed by atoms with Crippen molar-refractivity contribution in [1.29, 1.82) is 0 Å². The monoisotopic (exact) mass is 431 g/mol. The maximum atomic E-state index is 10.3. The van der Waals surface area contributed by atoms with Crippen LogP contribution in [0, 0.1) is 0 Å². The minimum atomic E-state index is -1.23. The van der Waals surface area contributed by atoms with E-state index < -0.39 is 31.1 Å². The summed E-state index contributed by atoms with van der Waals surface area (Å²) in [5.74, 6) is 1.76. The molecule has 3 heterocycles. The summed E-state index contributed by atoms with van der Waals surface area (Å²) in [6.07, 6.45) is -1.41.